The third-order valence-electron chi connectivity index (χ3n) is 3.68. The Hall–Kier alpha value is -1.42. The Morgan fingerprint density at radius 2 is 2.15 bits per heavy atom. The lowest BCUT2D eigenvalue weighted by molar-refractivity contribution is 0.0943. The molecular weight excluding hydrogens is 278 g/mol. The Balaban J connectivity index is 2.02. The highest BCUT2D eigenvalue weighted by Gasteiger charge is 2.24. The van der Waals surface area contributed by atoms with Crippen LogP contribution in [0.3, 0.4) is 0 Å². The van der Waals surface area contributed by atoms with Gasteiger partial charge < -0.3 is 14.8 Å². The number of hydrogen-bond acceptors (Lipinski definition) is 3. The molecule has 0 bridgehead atoms. The van der Waals surface area contributed by atoms with E-state index < -0.39 is 0 Å². The fourth-order valence-corrected chi connectivity index (χ4v) is 2.98. The van der Waals surface area contributed by atoms with Crippen molar-refractivity contribution in [3.05, 3.63) is 23.8 Å². The monoisotopic (exact) mass is 297 g/mol. The maximum atomic E-state index is 12.3. The van der Waals surface area contributed by atoms with Crippen molar-refractivity contribution in [2.45, 2.75) is 24.6 Å². The summed E-state index contributed by atoms with van der Waals surface area (Å²) in [5.41, 5.74) is 0.493. The first-order valence-electron chi connectivity index (χ1n) is 6.79. The van der Waals surface area contributed by atoms with Gasteiger partial charge in [-0.15, -0.1) is 11.6 Å². The molecular formula is C15H20ClNO3. The summed E-state index contributed by atoms with van der Waals surface area (Å²) in [6, 6.07) is 5.28. The van der Waals surface area contributed by atoms with Crippen molar-refractivity contribution < 1.29 is 14.3 Å². The van der Waals surface area contributed by atoms with Gasteiger partial charge in [0.25, 0.3) is 5.91 Å². The third kappa shape index (κ3) is 3.37. The van der Waals surface area contributed by atoms with Gasteiger partial charge in [-0.25, -0.2) is 0 Å². The first-order chi connectivity index (χ1) is 9.65. The molecule has 1 aliphatic carbocycles. The molecule has 1 aliphatic rings. The number of alkyl halides is 1. The van der Waals surface area contributed by atoms with Gasteiger partial charge in [0.1, 0.15) is 0 Å². The zero-order valence-corrected chi connectivity index (χ0v) is 12.6. The van der Waals surface area contributed by atoms with E-state index in [-0.39, 0.29) is 11.3 Å². The number of hydrogen-bond donors (Lipinski definition) is 1. The molecule has 0 radical (unpaired) electrons. The van der Waals surface area contributed by atoms with Gasteiger partial charge in [0.15, 0.2) is 11.5 Å². The molecule has 1 aromatic rings. The molecule has 0 saturated heterocycles. The molecule has 2 atom stereocenters. The predicted molar refractivity (Wildman–Crippen MR) is 78.9 cm³/mol. The molecule has 0 aromatic heterocycles. The van der Waals surface area contributed by atoms with Crippen molar-refractivity contribution in [3.63, 3.8) is 0 Å². The molecule has 0 aliphatic heterocycles. The van der Waals surface area contributed by atoms with Crippen LogP contribution < -0.4 is 14.8 Å². The lowest BCUT2D eigenvalue weighted by Gasteiger charge is -2.14. The number of amides is 1. The Kier molecular flexibility index (Phi) is 5.12. The van der Waals surface area contributed by atoms with E-state index in [0.717, 1.165) is 19.3 Å². The van der Waals surface area contributed by atoms with Crippen molar-refractivity contribution in [2.24, 2.45) is 5.92 Å². The van der Waals surface area contributed by atoms with Gasteiger partial charge in [0, 0.05) is 11.9 Å². The predicted octanol–water partition coefficient (Wildman–Crippen LogP) is 2.84. The largest absolute Gasteiger partial charge is 0.493 e. The summed E-state index contributed by atoms with van der Waals surface area (Å²) in [4.78, 5) is 12.3. The smallest absolute Gasteiger partial charge is 0.255 e. The molecule has 1 aromatic carbocycles. The van der Waals surface area contributed by atoms with Crippen molar-refractivity contribution in [3.8, 4) is 11.5 Å². The molecule has 1 N–H and O–H groups in total. The highest BCUT2D eigenvalue weighted by molar-refractivity contribution is 6.20. The van der Waals surface area contributed by atoms with E-state index in [0.29, 0.717) is 29.5 Å². The Bertz CT molecular complexity index is 478. The fourth-order valence-electron chi connectivity index (χ4n) is 2.60. The van der Waals surface area contributed by atoms with Crippen LogP contribution in [0.5, 0.6) is 11.5 Å². The van der Waals surface area contributed by atoms with Gasteiger partial charge in [0.05, 0.1) is 19.8 Å². The van der Waals surface area contributed by atoms with Crippen molar-refractivity contribution in [1.82, 2.24) is 5.32 Å². The molecule has 110 valence electrons. The standard InChI is InChI=1S/C15H20ClNO3/c1-19-13-5-3-4-12(14(13)20-2)15(18)17-9-10-6-7-11(16)8-10/h3-5,10-11H,6-9H2,1-2H3,(H,17,18). The summed E-state index contributed by atoms with van der Waals surface area (Å²) in [5.74, 6) is 1.35. The van der Waals surface area contributed by atoms with Crippen LogP contribution in [0.15, 0.2) is 18.2 Å². The van der Waals surface area contributed by atoms with Crippen molar-refractivity contribution in [1.29, 1.82) is 0 Å². The minimum Gasteiger partial charge on any atom is -0.493 e. The molecule has 1 fully saturated rings. The third-order valence-corrected chi connectivity index (χ3v) is 4.07. The Labute approximate surface area is 124 Å². The summed E-state index contributed by atoms with van der Waals surface area (Å²) in [7, 11) is 3.09. The number of rotatable bonds is 5. The summed E-state index contributed by atoms with van der Waals surface area (Å²) >= 11 is 6.08. The summed E-state index contributed by atoms with van der Waals surface area (Å²) in [6.45, 7) is 0.655. The van der Waals surface area contributed by atoms with Crippen LogP contribution in [0.1, 0.15) is 29.6 Å². The van der Waals surface area contributed by atoms with Gasteiger partial charge in [-0.1, -0.05) is 6.07 Å². The van der Waals surface area contributed by atoms with Crippen LogP contribution in [0, 0.1) is 5.92 Å². The second-order valence-electron chi connectivity index (χ2n) is 5.03. The molecule has 4 nitrogen and oxygen atoms in total. The van der Waals surface area contributed by atoms with Gasteiger partial charge in [-0.2, -0.15) is 0 Å². The molecule has 2 rings (SSSR count). The van der Waals surface area contributed by atoms with E-state index in [1.807, 2.05) is 0 Å². The number of carbonyl (C=O) groups excluding carboxylic acids is 1. The van der Waals surface area contributed by atoms with Gasteiger partial charge in [-0.3, -0.25) is 4.79 Å². The maximum absolute atomic E-state index is 12.3. The van der Waals surface area contributed by atoms with E-state index in [4.69, 9.17) is 21.1 Å². The van der Waals surface area contributed by atoms with Crippen LogP contribution in [0.2, 0.25) is 0 Å². The van der Waals surface area contributed by atoms with E-state index in [1.54, 1.807) is 25.3 Å². The van der Waals surface area contributed by atoms with E-state index >= 15 is 0 Å². The van der Waals surface area contributed by atoms with Crippen LogP contribution in [0.4, 0.5) is 0 Å². The number of benzene rings is 1. The Morgan fingerprint density at radius 3 is 2.75 bits per heavy atom. The minimum atomic E-state index is -0.140. The van der Waals surface area contributed by atoms with E-state index in [9.17, 15) is 4.79 Å². The van der Waals surface area contributed by atoms with Gasteiger partial charge in [-0.05, 0) is 37.3 Å². The number of nitrogens with one attached hydrogen (secondary N) is 1. The SMILES string of the molecule is COc1cccc(C(=O)NCC2CCC(Cl)C2)c1OC. The molecule has 0 spiro atoms. The molecule has 20 heavy (non-hydrogen) atoms. The highest BCUT2D eigenvalue weighted by atomic mass is 35.5. The number of halogens is 1. The average Bonchev–Trinajstić information content (AvgIpc) is 2.89. The lowest BCUT2D eigenvalue weighted by atomic mass is 10.1. The lowest BCUT2D eigenvalue weighted by Crippen LogP contribution is -2.28. The van der Waals surface area contributed by atoms with Crippen molar-refractivity contribution >= 4 is 17.5 Å². The van der Waals surface area contributed by atoms with Gasteiger partial charge >= 0.3 is 0 Å². The number of carbonyl (C=O) groups is 1. The number of methoxy groups -OCH3 is 2. The second kappa shape index (κ2) is 6.84. The molecule has 1 saturated carbocycles. The van der Waals surface area contributed by atoms with Crippen LogP contribution in [-0.2, 0) is 0 Å². The molecule has 5 heteroatoms. The van der Waals surface area contributed by atoms with Crippen LogP contribution >= 0.6 is 11.6 Å². The summed E-state index contributed by atoms with van der Waals surface area (Å²) in [5, 5.41) is 3.21. The molecule has 1 amide bonds. The number of ether oxygens (including phenoxy) is 2. The topological polar surface area (TPSA) is 47.6 Å². The Morgan fingerprint density at radius 1 is 1.35 bits per heavy atom. The minimum absolute atomic E-state index is 0.140. The zero-order chi connectivity index (χ0) is 14.5. The van der Waals surface area contributed by atoms with E-state index in [1.165, 1.54) is 7.11 Å². The quantitative estimate of drug-likeness (QED) is 0.850. The van der Waals surface area contributed by atoms with E-state index in [2.05, 4.69) is 5.32 Å². The second-order valence-corrected chi connectivity index (χ2v) is 5.64. The number of para-hydroxylation sites is 1. The molecule has 0 heterocycles. The fraction of sp³-hybridized carbons (Fsp3) is 0.533. The van der Waals surface area contributed by atoms with Crippen LogP contribution in [-0.4, -0.2) is 32.0 Å². The normalized spacial score (nSPS) is 21.6. The molecule has 2 unspecified atom stereocenters. The average molecular weight is 298 g/mol. The highest BCUT2D eigenvalue weighted by Crippen LogP contribution is 2.31. The first-order valence-corrected chi connectivity index (χ1v) is 7.22. The van der Waals surface area contributed by atoms with Crippen LogP contribution in [0.25, 0.3) is 0 Å². The summed E-state index contributed by atoms with van der Waals surface area (Å²) in [6.07, 6.45) is 3.07. The van der Waals surface area contributed by atoms with Crippen molar-refractivity contribution in [2.75, 3.05) is 20.8 Å². The van der Waals surface area contributed by atoms with Gasteiger partial charge in [0.2, 0.25) is 0 Å². The summed E-state index contributed by atoms with van der Waals surface area (Å²) < 4.78 is 10.5. The maximum Gasteiger partial charge on any atom is 0.255 e. The first kappa shape index (κ1) is 15.0. The zero-order valence-electron chi connectivity index (χ0n) is 11.8.